The van der Waals surface area contributed by atoms with Crippen molar-refractivity contribution in [3.05, 3.63) is 29.7 Å². The third-order valence-corrected chi connectivity index (χ3v) is 4.20. The SMILES string of the molecule is C=C1Cn2nc(C(C)C)cc2C2(CC2)CN1C. The lowest BCUT2D eigenvalue weighted by Crippen LogP contribution is -2.26. The molecule has 2 heterocycles. The highest BCUT2D eigenvalue weighted by molar-refractivity contribution is 5.31. The van der Waals surface area contributed by atoms with Gasteiger partial charge in [-0.25, -0.2) is 0 Å². The molecule has 1 spiro atoms. The number of hydrogen-bond donors (Lipinski definition) is 0. The first-order valence-corrected chi connectivity index (χ1v) is 6.49. The zero-order valence-corrected chi connectivity index (χ0v) is 11.0. The van der Waals surface area contributed by atoms with Gasteiger partial charge in [0.2, 0.25) is 0 Å². The second-order valence-corrected chi connectivity index (χ2v) is 5.97. The summed E-state index contributed by atoms with van der Waals surface area (Å²) < 4.78 is 2.19. The van der Waals surface area contributed by atoms with Crippen LogP contribution in [0, 0.1) is 0 Å². The molecule has 2 aliphatic rings. The van der Waals surface area contributed by atoms with Gasteiger partial charge in [-0.3, -0.25) is 4.68 Å². The number of aromatic nitrogens is 2. The molecule has 92 valence electrons. The summed E-state index contributed by atoms with van der Waals surface area (Å²) in [5.41, 5.74) is 4.21. The number of likely N-dealkylation sites (N-methyl/N-ethyl adjacent to an activating group) is 1. The zero-order valence-electron chi connectivity index (χ0n) is 11.0. The van der Waals surface area contributed by atoms with Crippen LogP contribution < -0.4 is 0 Å². The second kappa shape index (κ2) is 3.37. The normalized spacial score (nSPS) is 21.9. The lowest BCUT2D eigenvalue weighted by molar-refractivity contribution is 0.375. The molecule has 1 aliphatic carbocycles. The molecule has 1 aromatic heterocycles. The molecule has 3 rings (SSSR count). The van der Waals surface area contributed by atoms with Gasteiger partial charge in [-0.15, -0.1) is 0 Å². The fourth-order valence-corrected chi connectivity index (χ4v) is 2.77. The van der Waals surface area contributed by atoms with E-state index in [0.717, 1.165) is 13.1 Å². The van der Waals surface area contributed by atoms with Crippen LogP contribution in [0.3, 0.4) is 0 Å². The lowest BCUT2D eigenvalue weighted by Gasteiger charge is -2.22. The molecule has 0 unspecified atom stereocenters. The molecule has 0 saturated heterocycles. The minimum atomic E-state index is 0.369. The largest absolute Gasteiger partial charge is 0.376 e. The smallest absolute Gasteiger partial charge is 0.0805 e. The average molecular weight is 231 g/mol. The molecule has 0 atom stereocenters. The highest BCUT2D eigenvalue weighted by Gasteiger charge is 2.49. The number of allylic oxidation sites excluding steroid dienone is 1. The van der Waals surface area contributed by atoms with E-state index in [0.29, 0.717) is 11.3 Å². The fourth-order valence-electron chi connectivity index (χ4n) is 2.77. The van der Waals surface area contributed by atoms with Crippen molar-refractivity contribution in [3.63, 3.8) is 0 Å². The minimum absolute atomic E-state index is 0.369. The summed E-state index contributed by atoms with van der Waals surface area (Å²) in [6, 6.07) is 2.32. The van der Waals surface area contributed by atoms with Crippen molar-refractivity contribution >= 4 is 0 Å². The molecule has 1 aromatic rings. The molecule has 0 aromatic carbocycles. The number of nitrogens with zero attached hydrogens (tertiary/aromatic N) is 3. The van der Waals surface area contributed by atoms with Crippen LogP contribution in [0.25, 0.3) is 0 Å². The maximum Gasteiger partial charge on any atom is 0.0805 e. The van der Waals surface area contributed by atoms with Crippen LogP contribution in [0.15, 0.2) is 18.3 Å². The van der Waals surface area contributed by atoms with Crippen molar-refractivity contribution in [1.82, 2.24) is 14.7 Å². The minimum Gasteiger partial charge on any atom is -0.376 e. The van der Waals surface area contributed by atoms with E-state index in [4.69, 9.17) is 5.10 Å². The quantitative estimate of drug-likeness (QED) is 0.740. The number of fused-ring (bicyclic) bond motifs is 2. The van der Waals surface area contributed by atoms with Gasteiger partial charge >= 0.3 is 0 Å². The van der Waals surface area contributed by atoms with Gasteiger partial charge in [0.25, 0.3) is 0 Å². The topological polar surface area (TPSA) is 21.1 Å². The van der Waals surface area contributed by atoms with Crippen molar-refractivity contribution in [3.8, 4) is 0 Å². The second-order valence-electron chi connectivity index (χ2n) is 5.97. The maximum atomic E-state index is 4.76. The molecular weight excluding hydrogens is 210 g/mol. The number of rotatable bonds is 1. The Labute approximate surface area is 103 Å². The summed E-state index contributed by atoms with van der Waals surface area (Å²) in [6.45, 7) is 10.5. The highest BCUT2D eigenvalue weighted by Crippen LogP contribution is 2.50. The van der Waals surface area contributed by atoms with E-state index in [1.54, 1.807) is 0 Å². The Morgan fingerprint density at radius 3 is 2.71 bits per heavy atom. The van der Waals surface area contributed by atoms with Crippen LogP contribution in [-0.4, -0.2) is 28.3 Å². The van der Waals surface area contributed by atoms with Crippen molar-refractivity contribution < 1.29 is 0 Å². The molecule has 1 saturated carbocycles. The third kappa shape index (κ3) is 1.60. The Bertz CT molecular complexity index is 466. The predicted molar refractivity (Wildman–Crippen MR) is 69.0 cm³/mol. The lowest BCUT2D eigenvalue weighted by atomic mass is 10.0. The summed E-state index contributed by atoms with van der Waals surface area (Å²) in [7, 11) is 2.15. The Balaban J connectivity index is 2.06. The van der Waals surface area contributed by atoms with Crippen LogP contribution in [0.1, 0.15) is 44.0 Å². The molecule has 0 amide bonds. The highest BCUT2D eigenvalue weighted by atomic mass is 15.3. The molecule has 1 fully saturated rings. The zero-order chi connectivity index (χ0) is 12.2. The Hall–Kier alpha value is -1.25. The maximum absolute atomic E-state index is 4.76. The molecule has 0 bridgehead atoms. The summed E-state index contributed by atoms with van der Waals surface area (Å²) in [5, 5.41) is 4.76. The first kappa shape index (κ1) is 10.9. The van der Waals surface area contributed by atoms with Crippen LogP contribution >= 0.6 is 0 Å². The van der Waals surface area contributed by atoms with E-state index in [1.165, 1.54) is 29.9 Å². The third-order valence-electron chi connectivity index (χ3n) is 4.20. The van der Waals surface area contributed by atoms with Gasteiger partial charge in [-0.1, -0.05) is 20.4 Å². The Morgan fingerprint density at radius 1 is 1.41 bits per heavy atom. The first-order chi connectivity index (χ1) is 8.02. The van der Waals surface area contributed by atoms with Crippen LogP contribution in [-0.2, 0) is 12.0 Å². The van der Waals surface area contributed by atoms with Gasteiger partial charge in [0.05, 0.1) is 12.2 Å². The van der Waals surface area contributed by atoms with E-state index >= 15 is 0 Å². The van der Waals surface area contributed by atoms with Crippen molar-refractivity contribution in [1.29, 1.82) is 0 Å². The van der Waals surface area contributed by atoms with Gasteiger partial charge in [0.15, 0.2) is 0 Å². The van der Waals surface area contributed by atoms with Crippen molar-refractivity contribution in [2.75, 3.05) is 13.6 Å². The molecule has 0 radical (unpaired) electrons. The van der Waals surface area contributed by atoms with Crippen molar-refractivity contribution in [2.24, 2.45) is 0 Å². The molecule has 0 N–H and O–H groups in total. The fraction of sp³-hybridized carbons (Fsp3) is 0.643. The van der Waals surface area contributed by atoms with Crippen LogP contribution in [0.4, 0.5) is 0 Å². The summed E-state index contributed by atoms with van der Waals surface area (Å²) in [4.78, 5) is 2.30. The molecule has 17 heavy (non-hydrogen) atoms. The van der Waals surface area contributed by atoms with Gasteiger partial charge in [-0.2, -0.15) is 5.10 Å². The van der Waals surface area contributed by atoms with Crippen LogP contribution in [0.5, 0.6) is 0 Å². The van der Waals surface area contributed by atoms with Gasteiger partial charge in [0.1, 0.15) is 0 Å². The van der Waals surface area contributed by atoms with E-state index in [1.807, 2.05) is 0 Å². The molecule has 3 nitrogen and oxygen atoms in total. The van der Waals surface area contributed by atoms with Crippen LogP contribution in [0.2, 0.25) is 0 Å². The first-order valence-electron chi connectivity index (χ1n) is 6.49. The number of hydrogen-bond acceptors (Lipinski definition) is 2. The standard InChI is InChI=1S/C14H21N3/c1-10(2)12-7-13-14(5-6-14)9-16(4)11(3)8-17(13)15-12/h7,10H,3,5-6,8-9H2,1-2,4H3. The van der Waals surface area contributed by atoms with E-state index in [2.05, 4.69) is 43.1 Å². The van der Waals surface area contributed by atoms with E-state index < -0.39 is 0 Å². The summed E-state index contributed by atoms with van der Waals surface area (Å²) >= 11 is 0. The summed E-state index contributed by atoms with van der Waals surface area (Å²) in [6.07, 6.45) is 2.60. The van der Waals surface area contributed by atoms with Gasteiger partial charge in [0, 0.05) is 30.4 Å². The molecule has 1 aliphatic heterocycles. The monoisotopic (exact) mass is 231 g/mol. The predicted octanol–water partition coefficient (Wildman–Crippen LogP) is 2.50. The van der Waals surface area contributed by atoms with Gasteiger partial charge in [-0.05, 0) is 24.8 Å². The van der Waals surface area contributed by atoms with Gasteiger partial charge < -0.3 is 4.90 Å². The Morgan fingerprint density at radius 2 is 2.12 bits per heavy atom. The van der Waals surface area contributed by atoms with Crippen molar-refractivity contribution in [2.45, 2.75) is 44.6 Å². The Kier molecular flexibility index (Phi) is 2.16. The average Bonchev–Trinajstić information content (AvgIpc) is 2.91. The van der Waals surface area contributed by atoms with E-state index in [-0.39, 0.29) is 0 Å². The molecule has 3 heteroatoms. The summed E-state index contributed by atoms with van der Waals surface area (Å²) in [5.74, 6) is 0.510. The molecular formula is C14H21N3. The van der Waals surface area contributed by atoms with E-state index in [9.17, 15) is 0 Å².